The molecule has 0 spiro atoms. The number of aromatic nitrogens is 1. The van der Waals surface area contributed by atoms with Crippen LogP contribution in [0.25, 0.3) is 0 Å². The quantitative estimate of drug-likeness (QED) is 0.905. The van der Waals surface area contributed by atoms with E-state index in [9.17, 15) is 0 Å². The summed E-state index contributed by atoms with van der Waals surface area (Å²) in [5.41, 5.74) is 3.56. The molecule has 0 aliphatic heterocycles. The van der Waals surface area contributed by atoms with Crippen molar-refractivity contribution in [3.05, 3.63) is 57.8 Å². The van der Waals surface area contributed by atoms with Crippen LogP contribution in [0.2, 0.25) is 0 Å². The van der Waals surface area contributed by atoms with Crippen LogP contribution < -0.4 is 10.1 Å². The van der Waals surface area contributed by atoms with Gasteiger partial charge in [-0.15, -0.1) is 0 Å². The molecule has 4 heteroatoms. The first-order chi connectivity index (χ1) is 9.65. The number of ether oxygens (including phenoxy) is 1. The van der Waals surface area contributed by atoms with E-state index in [1.807, 2.05) is 25.4 Å². The Kier molecular flexibility index (Phi) is 5.15. The van der Waals surface area contributed by atoms with Crippen molar-refractivity contribution >= 4 is 15.9 Å². The average Bonchev–Trinajstić information content (AvgIpc) is 2.46. The number of halogens is 1. The number of rotatable bonds is 5. The number of nitrogens with one attached hydrogen (secondary N) is 1. The van der Waals surface area contributed by atoms with Crippen molar-refractivity contribution in [2.24, 2.45) is 0 Å². The van der Waals surface area contributed by atoms with Gasteiger partial charge in [0.05, 0.1) is 11.6 Å². The fourth-order valence-electron chi connectivity index (χ4n) is 2.21. The number of benzene rings is 1. The number of hydrogen-bond acceptors (Lipinski definition) is 3. The van der Waals surface area contributed by atoms with Gasteiger partial charge in [-0.2, -0.15) is 0 Å². The van der Waals surface area contributed by atoms with Gasteiger partial charge < -0.3 is 10.1 Å². The molecule has 0 saturated carbocycles. The SMILES string of the molecule is CNC(Cc1ncccc1C)c1ccc(OC)c(Br)c1. The van der Waals surface area contributed by atoms with E-state index in [0.717, 1.165) is 22.3 Å². The second-order valence-electron chi connectivity index (χ2n) is 4.71. The van der Waals surface area contributed by atoms with Crippen molar-refractivity contribution in [1.29, 1.82) is 0 Å². The smallest absolute Gasteiger partial charge is 0.133 e. The van der Waals surface area contributed by atoms with Gasteiger partial charge in [0, 0.05) is 24.4 Å². The highest BCUT2D eigenvalue weighted by Gasteiger charge is 2.14. The molecule has 3 nitrogen and oxygen atoms in total. The molecule has 1 atom stereocenters. The predicted molar refractivity (Wildman–Crippen MR) is 85.2 cm³/mol. The number of nitrogens with zero attached hydrogens (tertiary/aromatic N) is 1. The molecule has 1 aromatic heterocycles. The predicted octanol–water partition coefficient (Wildman–Crippen LogP) is 3.66. The Balaban J connectivity index is 2.24. The summed E-state index contributed by atoms with van der Waals surface area (Å²) in [6.07, 6.45) is 2.71. The molecule has 106 valence electrons. The molecule has 2 rings (SSSR count). The molecule has 0 aliphatic rings. The van der Waals surface area contributed by atoms with Gasteiger partial charge in [-0.05, 0) is 59.2 Å². The van der Waals surface area contributed by atoms with E-state index >= 15 is 0 Å². The molecule has 0 radical (unpaired) electrons. The van der Waals surface area contributed by atoms with E-state index in [2.05, 4.69) is 51.4 Å². The zero-order chi connectivity index (χ0) is 14.5. The minimum atomic E-state index is 0.228. The van der Waals surface area contributed by atoms with Crippen LogP contribution in [-0.2, 0) is 6.42 Å². The fraction of sp³-hybridized carbons (Fsp3) is 0.312. The Bertz CT molecular complexity index is 586. The first-order valence-electron chi connectivity index (χ1n) is 6.57. The fourth-order valence-corrected chi connectivity index (χ4v) is 2.77. The van der Waals surface area contributed by atoms with E-state index in [1.165, 1.54) is 11.1 Å². The standard InChI is InChI=1S/C16H19BrN2O/c1-11-5-4-8-19-14(11)10-15(18-2)12-6-7-16(20-3)13(17)9-12/h4-9,15,18H,10H2,1-3H3. The normalized spacial score (nSPS) is 12.2. The molecule has 20 heavy (non-hydrogen) atoms. The summed E-state index contributed by atoms with van der Waals surface area (Å²) in [6.45, 7) is 2.10. The summed E-state index contributed by atoms with van der Waals surface area (Å²) in [5, 5.41) is 3.36. The third-order valence-electron chi connectivity index (χ3n) is 3.44. The summed E-state index contributed by atoms with van der Waals surface area (Å²) < 4.78 is 6.24. The minimum Gasteiger partial charge on any atom is -0.496 e. The van der Waals surface area contributed by atoms with E-state index < -0.39 is 0 Å². The van der Waals surface area contributed by atoms with Gasteiger partial charge in [-0.1, -0.05) is 12.1 Å². The zero-order valence-electron chi connectivity index (χ0n) is 12.0. The first kappa shape index (κ1) is 15.0. The van der Waals surface area contributed by atoms with E-state index in [-0.39, 0.29) is 6.04 Å². The van der Waals surface area contributed by atoms with Gasteiger partial charge in [0.2, 0.25) is 0 Å². The monoisotopic (exact) mass is 334 g/mol. The van der Waals surface area contributed by atoms with Crippen molar-refractivity contribution in [3.63, 3.8) is 0 Å². The molecule has 0 aliphatic carbocycles. The second kappa shape index (κ2) is 6.86. The summed E-state index contributed by atoms with van der Waals surface area (Å²) in [7, 11) is 3.65. The van der Waals surface area contributed by atoms with E-state index in [0.29, 0.717) is 0 Å². The maximum atomic E-state index is 5.27. The van der Waals surface area contributed by atoms with Crippen molar-refractivity contribution < 1.29 is 4.74 Å². The van der Waals surface area contributed by atoms with Crippen molar-refractivity contribution in [2.45, 2.75) is 19.4 Å². The van der Waals surface area contributed by atoms with Gasteiger partial charge in [0.15, 0.2) is 0 Å². The molecule has 1 heterocycles. The molecule has 1 N–H and O–H groups in total. The molecular weight excluding hydrogens is 316 g/mol. The largest absolute Gasteiger partial charge is 0.496 e. The molecular formula is C16H19BrN2O. The summed E-state index contributed by atoms with van der Waals surface area (Å²) in [6, 6.07) is 10.5. The number of likely N-dealkylation sites (N-methyl/N-ethyl adjacent to an activating group) is 1. The van der Waals surface area contributed by atoms with Crippen LogP contribution >= 0.6 is 15.9 Å². The lowest BCUT2D eigenvalue weighted by molar-refractivity contribution is 0.411. The summed E-state index contributed by atoms with van der Waals surface area (Å²) in [4.78, 5) is 4.47. The molecule has 2 aromatic rings. The average molecular weight is 335 g/mol. The Morgan fingerprint density at radius 3 is 2.75 bits per heavy atom. The molecule has 0 saturated heterocycles. The summed E-state index contributed by atoms with van der Waals surface area (Å²) >= 11 is 3.54. The van der Waals surface area contributed by atoms with Crippen molar-refractivity contribution in [1.82, 2.24) is 10.3 Å². The van der Waals surface area contributed by atoms with Gasteiger partial charge in [-0.3, -0.25) is 4.98 Å². The van der Waals surface area contributed by atoms with Crippen LogP contribution in [0.3, 0.4) is 0 Å². The number of methoxy groups -OCH3 is 1. The lowest BCUT2D eigenvalue weighted by Gasteiger charge is -2.18. The van der Waals surface area contributed by atoms with Crippen LogP contribution in [0.4, 0.5) is 0 Å². The van der Waals surface area contributed by atoms with Gasteiger partial charge in [0.25, 0.3) is 0 Å². The van der Waals surface area contributed by atoms with Crippen LogP contribution in [0.1, 0.15) is 22.9 Å². The number of hydrogen-bond donors (Lipinski definition) is 1. The second-order valence-corrected chi connectivity index (χ2v) is 5.56. The van der Waals surface area contributed by atoms with Gasteiger partial charge >= 0.3 is 0 Å². The molecule has 0 amide bonds. The molecule has 0 bridgehead atoms. The highest BCUT2D eigenvalue weighted by molar-refractivity contribution is 9.10. The highest BCUT2D eigenvalue weighted by Crippen LogP contribution is 2.29. The highest BCUT2D eigenvalue weighted by atomic mass is 79.9. The van der Waals surface area contributed by atoms with E-state index in [4.69, 9.17) is 4.74 Å². The Hall–Kier alpha value is -1.39. The molecule has 1 unspecified atom stereocenters. The van der Waals surface area contributed by atoms with Gasteiger partial charge in [0.1, 0.15) is 5.75 Å². The lowest BCUT2D eigenvalue weighted by atomic mass is 10.00. The Labute approximate surface area is 128 Å². The van der Waals surface area contributed by atoms with Crippen LogP contribution in [-0.4, -0.2) is 19.1 Å². The van der Waals surface area contributed by atoms with Crippen LogP contribution in [0, 0.1) is 6.92 Å². The third kappa shape index (κ3) is 3.38. The minimum absolute atomic E-state index is 0.228. The van der Waals surface area contributed by atoms with E-state index in [1.54, 1.807) is 7.11 Å². The lowest BCUT2D eigenvalue weighted by Crippen LogP contribution is -2.19. The molecule has 1 aromatic carbocycles. The topological polar surface area (TPSA) is 34.2 Å². The zero-order valence-corrected chi connectivity index (χ0v) is 13.6. The maximum absolute atomic E-state index is 5.27. The van der Waals surface area contributed by atoms with Gasteiger partial charge in [-0.25, -0.2) is 0 Å². The van der Waals surface area contributed by atoms with Crippen molar-refractivity contribution in [2.75, 3.05) is 14.2 Å². The first-order valence-corrected chi connectivity index (χ1v) is 7.36. The van der Waals surface area contributed by atoms with Crippen LogP contribution in [0.15, 0.2) is 41.0 Å². The summed E-state index contributed by atoms with van der Waals surface area (Å²) in [5.74, 6) is 0.845. The Morgan fingerprint density at radius 1 is 1.35 bits per heavy atom. The van der Waals surface area contributed by atoms with Crippen LogP contribution in [0.5, 0.6) is 5.75 Å². The molecule has 0 fully saturated rings. The third-order valence-corrected chi connectivity index (χ3v) is 4.06. The Morgan fingerprint density at radius 2 is 2.15 bits per heavy atom. The maximum Gasteiger partial charge on any atom is 0.133 e. The number of aryl methyl sites for hydroxylation is 1. The van der Waals surface area contributed by atoms with Crippen molar-refractivity contribution in [3.8, 4) is 5.75 Å². The number of pyridine rings is 1.